The van der Waals surface area contributed by atoms with Crippen LogP contribution in [0.3, 0.4) is 0 Å². The lowest BCUT2D eigenvalue weighted by Gasteiger charge is -2.28. The number of rotatable bonds is 5. The first-order chi connectivity index (χ1) is 7.61. The van der Waals surface area contributed by atoms with Crippen LogP contribution in [0.1, 0.15) is 5.56 Å². The highest BCUT2D eigenvalue weighted by molar-refractivity contribution is 9.09. The number of methoxy groups -OCH3 is 2. The maximum absolute atomic E-state index is 10.9. The van der Waals surface area contributed by atoms with Gasteiger partial charge in [-0.3, -0.25) is 10.1 Å². The van der Waals surface area contributed by atoms with Gasteiger partial charge < -0.3 is 9.47 Å². The quantitative estimate of drug-likeness (QED) is 0.361. The van der Waals surface area contributed by atoms with Gasteiger partial charge in [-0.05, 0) is 6.07 Å². The minimum Gasteiger partial charge on any atom is -0.348 e. The van der Waals surface area contributed by atoms with Gasteiger partial charge in [0, 0.05) is 20.3 Å². The van der Waals surface area contributed by atoms with Gasteiger partial charge in [0.25, 0.3) is 5.69 Å². The van der Waals surface area contributed by atoms with Gasteiger partial charge in [0.15, 0.2) is 0 Å². The molecule has 0 amide bonds. The lowest BCUT2D eigenvalue weighted by Crippen LogP contribution is -2.33. The molecule has 0 unspecified atom stereocenters. The number of halogens is 1. The SMILES string of the molecule is COC(CBr)(OC)c1ccccc1[N+](=O)[O-]. The van der Waals surface area contributed by atoms with E-state index in [2.05, 4.69) is 15.9 Å². The summed E-state index contributed by atoms with van der Waals surface area (Å²) in [6.45, 7) is 0. The number of alkyl halides is 1. The number of hydrogen-bond donors (Lipinski definition) is 0. The van der Waals surface area contributed by atoms with E-state index in [1.165, 1.54) is 20.3 Å². The van der Waals surface area contributed by atoms with Crippen LogP contribution in [0.2, 0.25) is 0 Å². The summed E-state index contributed by atoms with van der Waals surface area (Å²) in [6.07, 6.45) is 0. The molecule has 0 aliphatic heterocycles. The van der Waals surface area contributed by atoms with Crippen molar-refractivity contribution in [3.8, 4) is 0 Å². The van der Waals surface area contributed by atoms with E-state index in [1.54, 1.807) is 18.2 Å². The van der Waals surface area contributed by atoms with Crippen molar-refractivity contribution in [2.75, 3.05) is 19.5 Å². The predicted molar refractivity (Wildman–Crippen MR) is 62.6 cm³/mol. The van der Waals surface area contributed by atoms with E-state index in [-0.39, 0.29) is 5.69 Å². The van der Waals surface area contributed by atoms with E-state index in [0.717, 1.165) is 0 Å². The zero-order valence-corrected chi connectivity index (χ0v) is 10.6. The van der Waals surface area contributed by atoms with Crippen molar-refractivity contribution < 1.29 is 14.4 Å². The van der Waals surface area contributed by atoms with Crippen molar-refractivity contribution in [1.82, 2.24) is 0 Å². The second-order valence-corrected chi connectivity index (χ2v) is 3.63. The van der Waals surface area contributed by atoms with Gasteiger partial charge in [-0.1, -0.05) is 28.1 Å². The minimum absolute atomic E-state index is 0.0225. The topological polar surface area (TPSA) is 61.6 Å². The smallest absolute Gasteiger partial charge is 0.278 e. The predicted octanol–water partition coefficient (Wildman–Crippen LogP) is 2.44. The molecule has 1 rings (SSSR count). The Morgan fingerprint density at radius 2 is 1.94 bits per heavy atom. The van der Waals surface area contributed by atoms with Crippen molar-refractivity contribution in [2.24, 2.45) is 0 Å². The summed E-state index contributed by atoms with van der Waals surface area (Å²) >= 11 is 3.24. The molecule has 0 N–H and O–H groups in total. The Hall–Kier alpha value is -0.980. The fourth-order valence-electron chi connectivity index (χ4n) is 1.44. The van der Waals surface area contributed by atoms with Crippen LogP contribution < -0.4 is 0 Å². The molecule has 88 valence electrons. The zero-order chi connectivity index (χ0) is 12.2. The molecule has 0 fully saturated rings. The van der Waals surface area contributed by atoms with Crippen molar-refractivity contribution in [3.63, 3.8) is 0 Å². The highest BCUT2D eigenvalue weighted by Gasteiger charge is 2.36. The summed E-state index contributed by atoms with van der Waals surface area (Å²) in [6, 6.07) is 6.35. The summed E-state index contributed by atoms with van der Waals surface area (Å²) in [4.78, 5) is 10.4. The van der Waals surface area contributed by atoms with Crippen molar-refractivity contribution in [2.45, 2.75) is 5.79 Å². The Morgan fingerprint density at radius 3 is 2.38 bits per heavy atom. The summed E-state index contributed by atoms with van der Waals surface area (Å²) < 4.78 is 10.5. The van der Waals surface area contributed by atoms with Crippen LogP contribution in [0.25, 0.3) is 0 Å². The Balaban J connectivity index is 3.34. The first-order valence-corrected chi connectivity index (χ1v) is 5.63. The normalized spacial score (nSPS) is 11.4. The van der Waals surface area contributed by atoms with E-state index in [9.17, 15) is 10.1 Å². The van der Waals surface area contributed by atoms with Crippen molar-refractivity contribution in [3.05, 3.63) is 39.9 Å². The fraction of sp³-hybridized carbons (Fsp3) is 0.400. The molecule has 1 aromatic rings. The number of ether oxygens (including phenoxy) is 2. The van der Waals surface area contributed by atoms with E-state index in [1.807, 2.05) is 0 Å². The molecule has 0 aromatic heterocycles. The third kappa shape index (κ3) is 2.23. The first kappa shape index (κ1) is 13.1. The molecule has 1 aromatic carbocycles. The lowest BCUT2D eigenvalue weighted by atomic mass is 10.1. The Labute approximate surface area is 102 Å². The molecule has 0 aliphatic carbocycles. The van der Waals surface area contributed by atoms with Crippen molar-refractivity contribution >= 4 is 21.6 Å². The van der Waals surface area contributed by atoms with Crippen LogP contribution in [-0.4, -0.2) is 24.5 Å². The van der Waals surface area contributed by atoms with Gasteiger partial charge in [-0.15, -0.1) is 0 Å². The fourth-order valence-corrected chi connectivity index (χ4v) is 2.20. The summed E-state index contributed by atoms with van der Waals surface area (Å²) in [5, 5.41) is 11.2. The molecule has 0 spiro atoms. The molecule has 0 bridgehead atoms. The van der Waals surface area contributed by atoms with Crippen LogP contribution in [0.15, 0.2) is 24.3 Å². The number of nitrogens with zero attached hydrogens (tertiary/aromatic N) is 1. The second kappa shape index (κ2) is 5.38. The molecular formula is C10H12BrNO4. The van der Waals surface area contributed by atoms with Gasteiger partial charge in [0.2, 0.25) is 5.79 Å². The maximum atomic E-state index is 10.9. The Kier molecular flexibility index (Phi) is 4.40. The molecule has 0 aliphatic rings. The summed E-state index contributed by atoms with van der Waals surface area (Å²) in [7, 11) is 2.89. The zero-order valence-electron chi connectivity index (χ0n) is 8.97. The van der Waals surface area contributed by atoms with E-state index in [0.29, 0.717) is 10.9 Å². The number of para-hydroxylation sites is 1. The Morgan fingerprint density at radius 1 is 1.38 bits per heavy atom. The van der Waals surface area contributed by atoms with Gasteiger partial charge in [-0.2, -0.15) is 0 Å². The largest absolute Gasteiger partial charge is 0.348 e. The average molecular weight is 290 g/mol. The number of hydrogen-bond acceptors (Lipinski definition) is 4. The standard InChI is InChI=1S/C10H12BrNO4/c1-15-10(7-11,16-2)8-5-3-4-6-9(8)12(13)14/h3-6H,7H2,1-2H3. The molecular weight excluding hydrogens is 278 g/mol. The monoisotopic (exact) mass is 289 g/mol. The maximum Gasteiger partial charge on any atom is 0.278 e. The van der Waals surface area contributed by atoms with Gasteiger partial charge >= 0.3 is 0 Å². The molecule has 0 saturated heterocycles. The highest BCUT2D eigenvalue weighted by atomic mass is 79.9. The van der Waals surface area contributed by atoms with Crippen LogP contribution in [-0.2, 0) is 15.3 Å². The van der Waals surface area contributed by atoms with Crippen LogP contribution in [0.4, 0.5) is 5.69 Å². The van der Waals surface area contributed by atoms with Gasteiger partial charge in [0.1, 0.15) is 0 Å². The lowest BCUT2D eigenvalue weighted by molar-refractivity contribution is -0.388. The molecule has 6 heteroatoms. The number of nitro benzene ring substituents is 1. The molecule has 0 radical (unpaired) electrons. The van der Waals surface area contributed by atoms with Gasteiger partial charge in [-0.25, -0.2) is 0 Å². The molecule has 0 saturated carbocycles. The average Bonchev–Trinajstić information content (AvgIpc) is 2.32. The third-order valence-corrected chi connectivity index (χ3v) is 3.08. The first-order valence-electron chi connectivity index (χ1n) is 4.51. The van der Waals surface area contributed by atoms with Crippen LogP contribution >= 0.6 is 15.9 Å². The molecule has 0 heterocycles. The molecule has 16 heavy (non-hydrogen) atoms. The summed E-state index contributed by atoms with van der Waals surface area (Å²) in [5.74, 6) is -1.14. The number of nitro groups is 1. The van der Waals surface area contributed by atoms with Crippen molar-refractivity contribution in [1.29, 1.82) is 0 Å². The van der Waals surface area contributed by atoms with Crippen LogP contribution in [0, 0.1) is 10.1 Å². The van der Waals surface area contributed by atoms with Crippen LogP contribution in [0.5, 0.6) is 0 Å². The highest BCUT2D eigenvalue weighted by Crippen LogP contribution is 2.34. The minimum atomic E-state index is -1.14. The van der Waals surface area contributed by atoms with E-state index in [4.69, 9.17) is 9.47 Å². The Bertz CT molecular complexity index is 371. The molecule has 5 nitrogen and oxygen atoms in total. The molecule has 0 atom stereocenters. The van der Waals surface area contributed by atoms with Gasteiger partial charge in [0.05, 0.1) is 15.8 Å². The summed E-state index contributed by atoms with van der Waals surface area (Å²) in [5.41, 5.74) is 0.368. The van der Waals surface area contributed by atoms with E-state index >= 15 is 0 Å². The number of benzene rings is 1. The second-order valence-electron chi connectivity index (χ2n) is 3.07. The third-order valence-electron chi connectivity index (χ3n) is 2.35. The van der Waals surface area contributed by atoms with E-state index < -0.39 is 10.7 Å².